The van der Waals surface area contributed by atoms with E-state index >= 15 is 0 Å². The lowest BCUT2D eigenvalue weighted by atomic mass is 10.1. The molecule has 15 heavy (non-hydrogen) atoms. The molecule has 0 bridgehead atoms. The van der Waals surface area contributed by atoms with Gasteiger partial charge in [0.05, 0.1) is 13.2 Å². The summed E-state index contributed by atoms with van der Waals surface area (Å²) in [4.78, 5) is 2.53. The van der Waals surface area contributed by atoms with Crippen molar-refractivity contribution in [3.63, 3.8) is 0 Å². The third-order valence-electron chi connectivity index (χ3n) is 3.54. The van der Waals surface area contributed by atoms with Crippen LogP contribution in [0.1, 0.15) is 32.1 Å². The van der Waals surface area contributed by atoms with Gasteiger partial charge in [-0.2, -0.15) is 0 Å². The summed E-state index contributed by atoms with van der Waals surface area (Å²) in [5, 5.41) is 3.56. The number of rotatable bonds is 5. The van der Waals surface area contributed by atoms with Gasteiger partial charge in [-0.15, -0.1) is 0 Å². The Morgan fingerprint density at radius 3 is 2.80 bits per heavy atom. The van der Waals surface area contributed by atoms with Gasteiger partial charge in [0.25, 0.3) is 0 Å². The van der Waals surface area contributed by atoms with E-state index in [9.17, 15) is 0 Å². The van der Waals surface area contributed by atoms with Crippen molar-refractivity contribution in [1.82, 2.24) is 10.2 Å². The number of hydrogen-bond acceptors (Lipinski definition) is 3. The number of hydrogen-bond donors (Lipinski definition) is 1. The number of nitrogens with one attached hydrogen (secondary N) is 1. The third kappa shape index (κ3) is 4.09. The molecule has 2 aliphatic rings. The Morgan fingerprint density at radius 1 is 1.20 bits per heavy atom. The molecule has 3 nitrogen and oxygen atoms in total. The maximum Gasteiger partial charge on any atom is 0.0594 e. The molecule has 2 heterocycles. The predicted molar refractivity (Wildman–Crippen MR) is 62.1 cm³/mol. The van der Waals surface area contributed by atoms with Crippen molar-refractivity contribution in [2.75, 3.05) is 39.4 Å². The predicted octanol–water partition coefficient (Wildman–Crippen LogP) is 1.24. The van der Waals surface area contributed by atoms with Crippen LogP contribution in [-0.2, 0) is 4.74 Å². The van der Waals surface area contributed by atoms with Crippen LogP contribution in [0.15, 0.2) is 0 Å². The summed E-state index contributed by atoms with van der Waals surface area (Å²) in [5.41, 5.74) is 0. The molecule has 2 rings (SSSR count). The second-order valence-corrected chi connectivity index (χ2v) is 4.74. The smallest absolute Gasteiger partial charge is 0.0594 e. The molecule has 1 atom stereocenters. The van der Waals surface area contributed by atoms with Gasteiger partial charge in [-0.25, -0.2) is 0 Å². The fourth-order valence-corrected chi connectivity index (χ4v) is 2.55. The highest BCUT2D eigenvalue weighted by atomic mass is 16.5. The normalized spacial score (nSPS) is 28.4. The molecule has 2 fully saturated rings. The molecule has 0 aromatic carbocycles. The molecule has 2 aliphatic heterocycles. The van der Waals surface area contributed by atoms with Gasteiger partial charge in [0, 0.05) is 19.1 Å². The van der Waals surface area contributed by atoms with Crippen molar-refractivity contribution < 1.29 is 4.74 Å². The standard InChI is InChI=1S/C12H24N2O/c1(4-12-5-3-6-13-12)2-7-14-8-10-15-11-9-14/h12-13H,1-11H2. The number of morpholine rings is 1. The molecular weight excluding hydrogens is 188 g/mol. The van der Waals surface area contributed by atoms with Crippen molar-refractivity contribution in [3.05, 3.63) is 0 Å². The topological polar surface area (TPSA) is 24.5 Å². The summed E-state index contributed by atoms with van der Waals surface area (Å²) in [7, 11) is 0. The first-order valence-corrected chi connectivity index (χ1v) is 6.48. The zero-order chi connectivity index (χ0) is 10.3. The monoisotopic (exact) mass is 212 g/mol. The summed E-state index contributed by atoms with van der Waals surface area (Å²) < 4.78 is 5.34. The van der Waals surface area contributed by atoms with Crippen LogP contribution < -0.4 is 5.32 Å². The van der Waals surface area contributed by atoms with E-state index in [1.54, 1.807) is 0 Å². The molecule has 0 radical (unpaired) electrons. The van der Waals surface area contributed by atoms with E-state index in [0.717, 1.165) is 32.3 Å². The Balaban J connectivity index is 1.47. The SMILES string of the molecule is C(CCN1CCOCC1)CC1CCCN1. The average molecular weight is 212 g/mol. The van der Waals surface area contributed by atoms with Crippen molar-refractivity contribution in [1.29, 1.82) is 0 Å². The van der Waals surface area contributed by atoms with Gasteiger partial charge < -0.3 is 10.1 Å². The van der Waals surface area contributed by atoms with Crippen LogP contribution in [0.5, 0.6) is 0 Å². The van der Waals surface area contributed by atoms with Crippen LogP contribution >= 0.6 is 0 Å². The summed E-state index contributed by atoms with van der Waals surface area (Å²) in [6.45, 7) is 6.67. The van der Waals surface area contributed by atoms with Crippen molar-refractivity contribution in [2.24, 2.45) is 0 Å². The highest BCUT2D eigenvalue weighted by Crippen LogP contribution is 2.12. The van der Waals surface area contributed by atoms with Crippen molar-refractivity contribution in [3.8, 4) is 0 Å². The second kappa shape index (κ2) is 6.46. The molecule has 0 aromatic rings. The molecule has 2 saturated heterocycles. The molecule has 1 N–H and O–H groups in total. The molecule has 0 spiro atoms. The molecule has 0 aromatic heterocycles. The maximum atomic E-state index is 5.34. The zero-order valence-corrected chi connectivity index (χ0v) is 9.71. The Morgan fingerprint density at radius 2 is 2.07 bits per heavy atom. The lowest BCUT2D eigenvalue weighted by Gasteiger charge is -2.26. The van der Waals surface area contributed by atoms with E-state index in [-0.39, 0.29) is 0 Å². The van der Waals surface area contributed by atoms with Gasteiger partial charge >= 0.3 is 0 Å². The first kappa shape index (κ1) is 11.4. The molecule has 1 unspecified atom stereocenters. The van der Waals surface area contributed by atoms with Crippen LogP contribution in [0.3, 0.4) is 0 Å². The Hall–Kier alpha value is -0.120. The molecule has 0 aliphatic carbocycles. The molecule has 0 amide bonds. The Labute approximate surface area is 93.2 Å². The van der Waals surface area contributed by atoms with E-state index in [4.69, 9.17) is 4.74 Å². The van der Waals surface area contributed by atoms with Gasteiger partial charge in [0.15, 0.2) is 0 Å². The average Bonchev–Trinajstić information content (AvgIpc) is 2.79. The highest BCUT2D eigenvalue weighted by molar-refractivity contribution is 4.74. The van der Waals surface area contributed by atoms with E-state index in [2.05, 4.69) is 10.2 Å². The number of nitrogens with zero attached hydrogens (tertiary/aromatic N) is 1. The minimum atomic E-state index is 0.828. The number of unbranched alkanes of at least 4 members (excludes halogenated alkanes) is 1. The molecular formula is C12H24N2O. The maximum absolute atomic E-state index is 5.34. The third-order valence-corrected chi connectivity index (χ3v) is 3.54. The van der Waals surface area contributed by atoms with E-state index in [1.807, 2.05) is 0 Å². The number of ether oxygens (including phenoxy) is 1. The first-order chi connectivity index (χ1) is 7.45. The molecule has 3 heteroatoms. The lowest BCUT2D eigenvalue weighted by molar-refractivity contribution is 0.0371. The van der Waals surface area contributed by atoms with Crippen LogP contribution in [-0.4, -0.2) is 50.3 Å². The van der Waals surface area contributed by atoms with Gasteiger partial charge in [-0.05, 0) is 38.8 Å². The first-order valence-electron chi connectivity index (χ1n) is 6.48. The fraction of sp³-hybridized carbons (Fsp3) is 1.00. The van der Waals surface area contributed by atoms with Gasteiger partial charge in [-0.3, -0.25) is 4.90 Å². The Kier molecular flexibility index (Phi) is 4.90. The largest absolute Gasteiger partial charge is 0.379 e. The van der Waals surface area contributed by atoms with Crippen LogP contribution in [0.2, 0.25) is 0 Å². The summed E-state index contributed by atoms with van der Waals surface area (Å²) >= 11 is 0. The fourth-order valence-electron chi connectivity index (χ4n) is 2.55. The van der Waals surface area contributed by atoms with Crippen LogP contribution in [0.4, 0.5) is 0 Å². The summed E-state index contributed by atoms with van der Waals surface area (Å²) in [5.74, 6) is 0. The zero-order valence-electron chi connectivity index (χ0n) is 9.71. The summed E-state index contributed by atoms with van der Waals surface area (Å²) in [6, 6.07) is 0.828. The minimum Gasteiger partial charge on any atom is -0.379 e. The van der Waals surface area contributed by atoms with Gasteiger partial charge in [-0.1, -0.05) is 6.42 Å². The molecule has 0 saturated carbocycles. The van der Waals surface area contributed by atoms with Gasteiger partial charge in [0.1, 0.15) is 0 Å². The lowest BCUT2D eigenvalue weighted by Crippen LogP contribution is -2.36. The minimum absolute atomic E-state index is 0.828. The van der Waals surface area contributed by atoms with E-state index in [1.165, 1.54) is 45.2 Å². The van der Waals surface area contributed by atoms with E-state index in [0.29, 0.717) is 0 Å². The summed E-state index contributed by atoms with van der Waals surface area (Å²) in [6.07, 6.45) is 6.91. The molecule has 88 valence electrons. The van der Waals surface area contributed by atoms with Crippen molar-refractivity contribution in [2.45, 2.75) is 38.1 Å². The van der Waals surface area contributed by atoms with Gasteiger partial charge in [0.2, 0.25) is 0 Å². The quantitative estimate of drug-likeness (QED) is 0.694. The van der Waals surface area contributed by atoms with Crippen molar-refractivity contribution >= 4 is 0 Å². The Bertz CT molecular complexity index is 163. The van der Waals surface area contributed by atoms with E-state index < -0.39 is 0 Å². The second-order valence-electron chi connectivity index (χ2n) is 4.74. The highest BCUT2D eigenvalue weighted by Gasteiger charge is 2.14. The van der Waals surface area contributed by atoms with Crippen LogP contribution in [0.25, 0.3) is 0 Å². The van der Waals surface area contributed by atoms with Crippen LogP contribution in [0, 0.1) is 0 Å².